The summed E-state index contributed by atoms with van der Waals surface area (Å²) in [5.74, 6) is 1.06. The number of sulfonamides is 1. The van der Waals surface area contributed by atoms with Gasteiger partial charge in [-0.25, -0.2) is 8.42 Å². The highest BCUT2D eigenvalue weighted by Crippen LogP contribution is 2.31. The fourth-order valence-electron chi connectivity index (χ4n) is 4.15. The largest absolute Gasteiger partial charge is 0.457 e. The standard InChI is InChI=1S/C27H24N2O4S2/c30-27(28-18-20-8-6-13-24(16-20)33-23-11-2-1-3-12-23)25-17-21-9-4-5-10-22(21)19-29(25)35(31,32)26-14-7-15-34-26/h1-16,25H,17-19H2,(H,28,30). The molecule has 4 aromatic rings. The number of fused-ring (bicyclic) bond motifs is 1. The molecule has 35 heavy (non-hydrogen) atoms. The zero-order chi connectivity index (χ0) is 24.3. The van der Waals surface area contributed by atoms with Crippen LogP contribution in [0.3, 0.4) is 0 Å². The smallest absolute Gasteiger partial charge is 0.253 e. The second-order valence-electron chi connectivity index (χ2n) is 8.25. The molecular formula is C27H24N2O4S2. The number of nitrogens with zero attached hydrogens (tertiary/aromatic N) is 1. The highest BCUT2D eigenvalue weighted by Gasteiger charge is 2.39. The van der Waals surface area contributed by atoms with Gasteiger partial charge in [0, 0.05) is 13.1 Å². The lowest BCUT2D eigenvalue weighted by Crippen LogP contribution is -2.52. The van der Waals surface area contributed by atoms with Crippen LogP contribution in [0, 0.1) is 0 Å². The summed E-state index contributed by atoms with van der Waals surface area (Å²) in [6.45, 7) is 0.421. The molecule has 1 aliphatic rings. The Bertz CT molecular complexity index is 1420. The minimum Gasteiger partial charge on any atom is -0.457 e. The molecular weight excluding hydrogens is 480 g/mol. The van der Waals surface area contributed by atoms with E-state index in [1.165, 1.54) is 4.31 Å². The predicted octanol–water partition coefficient (Wildman–Crippen LogP) is 4.97. The Kier molecular flexibility index (Phi) is 6.68. The summed E-state index contributed by atoms with van der Waals surface area (Å²) in [5, 5.41) is 4.67. The Morgan fingerprint density at radius 1 is 0.914 bits per heavy atom. The third-order valence-electron chi connectivity index (χ3n) is 5.91. The van der Waals surface area contributed by atoms with Crippen molar-refractivity contribution in [2.45, 2.75) is 29.8 Å². The maximum Gasteiger partial charge on any atom is 0.253 e. The first-order chi connectivity index (χ1) is 17.0. The SMILES string of the molecule is O=C(NCc1cccc(Oc2ccccc2)c1)C1Cc2ccccc2CN1S(=O)(=O)c1cccs1. The first kappa shape index (κ1) is 23.3. The van der Waals surface area contributed by atoms with Gasteiger partial charge in [-0.1, -0.05) is 60.7 Å². The molecule has 0 saturated carbocycles. The molecule has 0 bridgehead atoms. The first-order valence-electron chi connectivity index (χ1n) is 11.2. The molecule has 0 saturated heterocycles. The van der Waals surface area contributed by atoms with Crippen LogP contribution < -0.4 is 10.1 Å². The fourth-order valence-corrected chi connectivity index (χ4v) is 6.84. The van der Waals surface area contributed by atoms with Gasteiger partial charge in [-0.05, 0) is 58.8 Å². The number of ether oxygens (including phenoxy) is 1. The summed E-state index contributed by atoms with van der Waals surface area (Å²) in [7, 11) is -3.81. The fraction of sp³-hybridized carbons (Fsp3) is 0.148. The number of rotatable bonds is 7. The molecule has 1 aromatic heterocycles. The van der Waals surface area contributed by atoms with Crippen molar-refractivity contribution in [2.24, 2.45) is 0 Å². The number of thiophene rings is 1. The van der Waals surface area contributed by atoms with E-state index in [1.54, 1.807) is 17.5 Å². The van der Waals surface area contributed by atoms with E-state index in [9.17, 15) is 13.2 Å². The maximum absolute atomic E-state index is 13.4. The van der Waals surface area contributed by atoms with Gasteiger partial charge in [0.15, 0.2) is 0 Å². The summed E-state index contributed by atoms with van der Waals surface area (Å²) >= 11 is 1.16. The van der Waals surface area contributed by atoms with E-state index < -0.39 is 16.1 Å². The Labute approximate surface area is 208 Å². The Hall–Kier alpha value is -3.46. The lowest BCUT2D eigenvalue weighted by molar-refractivity contribution is -0.125. The van der Waals surface area contributed by atoms with Gasteiger partial charge in [-0.15, -0.1) is 11.3 Å². The molecule has 1 aliphatic heterocycles. The molecule has 0 spiro atoms. The van der Waals surface area contributed by atoms with Crippen LogP contribution in [0.2, 0.25) is 0 Å². The van der Waals surface area contributed by atoms with Gasteiger partial charge in [-0.3, -0.25) is 4.79 Å². The van der Waals surface area contributed by atoms with Crippen LogP contribution >= 0.6 is 11.3 Å². The molecule has 1 unspecified atom stereocenters. The summed E-state index contributed by atoms with van der Waals surface area (Å²) in [5.41, 5.74) is 2.77. The van der Waals surface area contributed by atoms with Crippen LogP contribution in [0.15, 0.2) is 101 Å². The summed E-state index contributed by atoms with van der Waals surface area (Å²) < 4.78 is 34.3. The van der Waals surface area contributed by atoms with Crippen molar-refractivity contribution in [2.75, 3.05) is 0 Å². The van der Waals surface area contributed by atoms with Gasteiger partial charge in [0.05, 0.1) is 0 Å². The molecule has 0 fully saturated rings. The van der Waals surface area contributed by atoms with Gasteiger partial charge in [0.2, 0.25) is 5.91 Å². The molecule has 2 heterocycles. The molecule has 8 heteroatoms. The van der Waals surface area contributed by atoms with Crippen molar-refractivity contribution in [3.8, 4) is 11.5 Å². The molecule has 178 valence electrons. The monoisotopic (exact) mass is 504 g/mol. The summed E-state index contributed by atoms with van der Waals surface area (Å²) in [6, 6.07) is 27.1. The van der Waals surface area contributed by atoms with Crippen LogP contribution in [0.25, 0.3) is 0 Å². The molecule has 1 N–H and O–H groups in total. The normalized spacial score (nSPS) is 15.8. The highest BCUT2D eigenvalue weighted by atomic mass is 32.2. The quantitative estimate of drug-likeness (QED) is 0.386. The summed E-state index contributed by atoms with van der Waals surface area (Å²) in [6.07, 6.45) is 0.323. The molecule has 1 atom stereocenters. The van der Waals surface area contributed by atoms with Crippen molar-refractivity contribution >= 4 is 27.3 Å². The number of carbonyl (C=O) groups is 1. The van der Waals surface area contributed by atoms with Crippen LogP contribution in [0.4, 0.5) is 0 Å². The maximum atomic E-state index is 13.4. The van der Waals surface area contributed by atoms with Crippen LogP contribution in [0.1, 0.15) is 16.7 Å². The van der Waals surface area contributed by atoms with Crippen molar-refractivity contribution in [1.29, 1.82) is 0 Å². The lowest BCUT2D eigenvalue weighted by atomic mass is 9.95. The second-order valence-corrected chi connectivity index (χ2v) is 11.3. The van der Waals surface area contributed by atoms with Crippen LogP contribution in [-0.4, -0.2) is 24.7 Å². The molecule has 3 aromatic carbocycles. The number of nitrogens with one attached hydrogen (secondary N) is 1. The summed E-state index contributed by atoms with van der Waals surface area (Å²) in [4.78, 5) is 13.3. The van der Waals surface area contributed by atoms with E-state index in [0.29, 0.717) is 12.2 Å². The van der Waals surface area contributed by atoms with Crippen molar-refractivity contribution in [1.82, 2.24) is 9.62 Å². The molecule has 6 nitrogen and oxygen atoms in total. The van der Waals surface area contributed by atoms with E-state index >= 15 is 0 Å². The van der Waals surface area contributed by atoms with E-state index in [2.05, 4.69) is 5.32 Å². The third kappa shape index (κ3) is 5.14. The topological polar surface area (TPSA) is 75.7 Å². The predicted molar refractivity (Wildman–Crippen MR) is 136 cm³/mol. The van der Waals surface area contributed by atoms with Gasteiger partial charge in [0.25, 0.3) is 10.0 Å². The number of para-hydroxylation sites is 1. The van der Waals surface area contributed by atoms with E-state index in [4.69, 9.17) is 4.74 Å². The molecule has 5 rings (SSSR count). The highest BCUT2D eigenvalue weighted by molar-refractivity contribution is 7.91. The molecule has 0 radical (unpaired) electrons. The lowest BCUT2D eigenvalue weighted by Gasteiger charge is -2.34. The number of hydrogen-bond donors (Lipinski definition) is 1. The van der Waals surface area contributed by atoms with Crippen LogP contribution in [-0.2, 0) is 34.3 Å². The minimum absolute atomic E-state index is 0.162. The van der Waals surface area contributed by atoms with E-state index in [1.807, 2.05) is 78.9 Å². The molecule has 0 aliphatic carbocycles. The second kappa shape index (κ2) is 10.0. The average Bonchev–Trinajstić information content (AvgIpc) is 3.44. The zero-order valence-electron chi connectivity index (χ0n) is 18.8. The van der Waals surface area contributed by atoms with Crippen molar-refractivity contribution in [3.05, 3.63) is 113 Å². The zero-order valence-corrected chi connectivity index (χ0v) is 20.5. The van der Waals surface area contributed by atoms with Gasteiger partial charge in [0.1, 0.15) is 21.8 Å². The Balaban J connectivity index is 1.34. The minimum atomic E-state index is -3.81. The third-order valence-corrected chi connectivity index (χ3v) is 9.14. The number of carbonyl (C=O) groups excluding carboxylic acids is 1. The Morgan fingerprint density at radius 2 is 1.66 bits per heavy atom. The number of amides is 1. The van der Waals surface area contributed by atoms with E-state index in [0.717, 1.165) is 33.8 Å². The Morgan fingerprint density at radius 3 is 2.43 bits per heavy atom. The van der Waals surface area contributed by atoms with Gasteiger partial charge in [-0.2, -0.15) is 4.31 Å². The number of benzene rings is 3. The average molecular weight is 505 g/mol. The van der Waals surface area contributed by atoms with Crippen molar-refractivity contribution < 1.29 is 17.9 Å². The first-order valence-corrected chi connectivity index (χ1v) is 13.5. The van der Waals surface area contributed by atoms with Crippen molar-refractivity contribution in [3.63, 3.8) is 0 Å². The molecule has 1 amide bonds. The van der Waals surface area contributed by atoms with Crippen LogP contribution in [0.5, 0.6) is 11.5 Å². The van der Waals surface area contributed by atoms with Gasteiger partial charge < -0.3 is 10.1 Å². The van der Waals surface area contributed by atoms with Gasteiger partial charge >= 0.3 is 0 Å². The number of hydrogen-bond acceptors (Lipinski definition) is 5. The van der Waals surface area contributed by atoms with E-state index in [-0.39, 0.29) is 23.2 Å².